The number of halogens is 1. The molecule has 0 aromatic heterocycles. The number of nitrogens with zero attached hydrogens (tertiary/aromatic N) is 1. The summed E-state index contributed by atoms with van der Waals surface area (Å²) in [6.45, 7) is 0.249. The molecule has 1 unspecified atom stereocenters. The van der Waals surface area contributed by atoms with E-state index in [1.165, 1.54) is 18.2 Å². The Morgan fingerprint density at radius 1 is 1.53 bits per heavy atom. The highest BCUT2D eigenvalue weighted by atomic mass is 35.5. The lowest BCUT2D eigenvalue weighted by molar-refractivity contribution is 0.519. The van der Waals surface area contributed by atoms with Crippen molar-refractivity contribution < 1.29 is 8.42 Å². The van der Waals surface area contributed by atoms with E-state index in [9.17, 15) is 8.42 Å². The van der Waals surface area contributed by atoms with Crippen molar-refractivity contribution in [1.29, 1.82) is 5.26 Å². The quantitative estimate of drug-likeness (QED) is 0.854. The van der Waals surface area contributed by atoms with Crippen LogP contribution in [0.5, 0.6) is 0 Å². The lowest BCUT2D eigenvalue weighted by atomic mass is 10.2. The Labute approximate surface area is 117 Å². The number of rotatable bonds is 5. The molecule has 1 fully saturated rings. The number of benzene rings is 1. The fraction of sp³-hybridized carbons (Fsp3) is 0.417. The molecule has 5 nitrogen and oxygen atoms in total. The molecule has 2 rings (SSSR count). The molecule has 1 aromatic carbocycles. The number of nitriles is 1. The zero-order valence-corrected chi connectivity index (χ0v) is 11.7. The number of hydrogen-bond acceptors (Lipinski definition) is 4. The monoisotopic (exact) mass is 299 g/mol. The number of hydrogen-bond donors (Lipinski definition) is 2. The van der Waals surface area contributed by atoms with Crippen LogP contribution < -0.4 is 10.5 Å². The van der Waals surface area contributed by atoms with Gasteiger partial charge in [0.15, 0.2) is 0 Å². The van der Waals surface area contributed by atoms with E-state index >= 15 is 0 Å². The average Bonchev–Trinajstić information content (AvgIpc) is 3.20. The molecule has 0 saturated heterocycles. The Morgan fingerprint density at radius 2 is 2.21 bits per heavy atom. The summed E-state index contributed by atoms with van der Waals surface area (Å²) in [4.78, 5) is -0.0766. The molecule has 0 heterocycles. The largest absolute Gasteiger partial charge is 0.329 e. The molecule has 0 radical (unpaired) electrons. The maximum atomic E-state index is 12.3. The van der Waals surface area contributed by atoms with Crippen LogP contribution in [0.1, 0.15) is 18.4 Å². The second-order valence-electron chi connectivity index (χ2n) is 4.56. The second kappa shape index (κ2) is 5.47. The van der Waals surface area contributed by atoms with Gasteiger partial charge in [0.05, 0.1) is 16.7 Å². The summed E-state index contributed by atoms with van der Waals surface area (Å²) in [6, 6.07) is 5.77. The Morgan fingerprint density at radius 3 is 2.74 bits per heavy atom. The van der Waals surface area contributed by atoms with Crippen LogP contribution in [-0.2, 0) is 10.0 Å². The van der Waals surface area contributed by atoms with Crippen molar-refractivity contribution in [2.75, 3.05) is 6.54 Å². The summed E-state index contributed by atoms with van der Waals surface area (Å²) >= 11 is 5.90. The number of nitrogens with two attached hydrogens (primary N) is 1. The molecule has 1 aliphatic carbocycles. The second-order valence-corrected chi connectivity index (χ2v) is 6.65. The minimum absolute atomic E-state index is 0.0766. The highest BCUT2D eigenvalue weighted by molar-refractivity contribution is 7.89. The van der Waals surface area contributed by atoms with Crippen LogP contribution in [-0.4, -0.2) is 21.0 Å². The zero-order valence-electron chi connectivity index (χ0n) is 10.1. The fourth-order valence-electron chi connectivity index (χ4n) is 1.88. The first-order valence-electron chi connectivity index (χ1n) is 5.90. The number of nitrogens with one attached hydrogen (secondary N) is 1. The van der Waals surface area contributed by atoms with Crippen LogP contribution in [0.3, 0.4) is 0 Å². The Kier molecular flexibility index (Phi) is 4.11. The summed E-state index contributed by atoms with van der Waals surface area (Å²) in [5.41, 5.74) is 5.83. The first-order valence-corrected chi connectivity index (χ1v) is 7.76. The first-order chi connectivity index (χ1) is 8.97. The summed E-state index contributed by atoms with van der Waals surface area (Å²) in [6.07, 6.45) is 1.96. The van der Waals surface area contributed by atoms with Crippen LogP contribution in [0.4, 0.5) is 0 Å². The molecule has 0 spiro atoms. The average molecular weight is 300 g/mol. The fourth-order valence-corrected chi connectivity index (χ4v) is 3.72. The molecule has 7 heteroatoms. The third-order valence-electron chi connectivity index (χ3n) is 3.10. The van der Waals surface area contributed by atoms with E-state index in [1.807, 2.05) is 6.07 Å². The van der Waals surface area contributed by atoms with Gasteiger partial charge in [0, 0.05) is 12.6 Å². The maximum Gasteiger partial charge on any atom is 0.242 e. The molecule has 19 heavy (non-hydrogen) atoms. The maximum absolute atomic E-state index is 12.3. The summed E-state index contributed by atoms with van der Waals surface area (Å²) < 4.78 is 27.1. The van der Waals surface area contributed by atoms with Crippen LogP contribution in [0.15, 0.2) is 23.1 Å². The van der Waals surface area contributed by atoms with Gasteiger partial charge in [-0.05, 0) is 37.0 Å². The standard InChI is InChI=1S/C12H14ClN3O2S/c13-10-4-1-8(6-14)5-12(10)19(17,18)16-11(7-15)9-2-3-9/h1,4-5,9,11,16H,2-3,7,15H2. The van der Waals surface area contributed by atoms with E-state index in [-0.39, 0.29) is 28.1 Å². The van der Waals surface area contributed by atoms with Crippen LogP contribution >= 0.6 is 11.6 Å². The lowest BCUT2D eigenvalue weighted by Crippen LogP contribution is -2.41. The number of sulfonamides is 1. The van der Waals surface area contributed by atoms with Gasteiger partial charge in [-0.15, -0.1) is 0 Å². The molecular formula is C12H14ClN3O2S. The van der Waals surface area contributed by atoms with Gasteiger partial charge < -0.3 is 5.73 Å². The normalized spacial score (nSPS) is 16.9. The van der Waals surface area contributed by atoms with Gasteiger partial charge in [0.1, 0.15) is 4.90 Å². The van der Waals surface area contributed by atoms with Gasteiger partial charge in [-0.2, -0.15) is 5.26 Å². The van der Waals surface area contributed by atoms with E-state index in [0.29, 0.717) is 5.92 Å². The van der Waals surface area contributed by atoms with Crippen LogP contribution in [0.25, 0.3) is 0 Å². The van der Waals surface area contributed by atoms with Crippen molar-refractivity contribution in [3.05, 3.63) is 28.8 Å². The molecule has 1 saturated carbocycles. The van der Waals surface area contributed by atoms with Gasteiger partial charge >= 0.3 is 0 Å². The predicted octanol–water partition coefficient (Wildman–Crippen LogP) is 1.23. The van der Waals surface area contributed by atoms with E-state index in [4.69, 9.17) is 22.6 Å². The lowest BCUT2D eigenvalue weighted by Gasteiger charge is -2.16. The van der Waals surface area contributed by atoms with Gasteiger partial charge in [-0.1, -0.05) is 11.6 Å². The van der Waals surface area contributed by atoms with E-state index < -0.39 is 10.0 Å². The third-order valence-corrected chi connectivity index (χ3v) is 5.07. The molecule has 1 aliphatic rings. The Balaban J connectivity index is 2.31. The highest BCUT2D eigenvalue weighted by Crippen LogP contribution is 2.33. The minimum Gasteiger partial charge on any atom is -0.329 e. The SMILES string of the molecule is N#Cc1ccc(Cl)c(S(=O)(=O)NC(CN)C2CC2)c1. The van der Waals surface area contributed by atoms with Crippen molar-refractivity contribution in [3.63, 3.8) is 0 Å². The van der Waals surface area contributed by atoms with Crippen LogP contribution in [0.2, 0.25) is 5.02 Å². The summed E-state index contributed by atoms with van der Waals surface area (Å²) in [5, 5.41) is 8.91. The van der Waals surface area contributed by atoms with Gasteiger partial charge in [-0.25, -0.2) is 13.1 Å². The molecule has 1 atom stereocenters. The van der Waals surface area contributed by atoms with Gasteiger partial charge in [0.25, 0.3) is 0 Å². The van der Waals surface area contributed by atoms with Crippen molar-refractivity contribution >= 4 is 21.6 Å². The van der Waals surface area contributed by atoms with Crippen LogP contribution in [0, 0.1) is 17.2 Å². The third kappa shape index (κ3) is 3.25. The zero-order chi connectivity index (χ0) is 14.0. The van der Waals surface area contributed by atoms with E-state index in [1.54, 1.807) is 0 Å². The van der Waals surface area contributed by atoms with Crippen molar-refractivity contribution in [2.45, 2.75) is 23.8 Å². The van der Waals surface area contributed by atoms with E-state index in [0.717, 1.165) is 12.8 Å². The van der Waals surface area contributed by atoms with Gasteiger partial charge in [0.2, 0.25) is 10.0 Å². The molecular weight excluding hydrogens is 286 g/mol. The van der Waals surface area contributed by atoms with Crippen molar-refractivity contribution in [2.24, 2.45) is 11.7 Å². The summed E-state index contributed by atoms with van der Waals surface area (Å²) in [7, 11) is -3.75. The molecule has 0 aliphatic heterocycles. The highest BCUT2D eigenvalue weighted by Gasteiger charge is 2.34. The van der Waals surface area contributed by atoms with E-state index in [2.05, 4.69) is 4.72 Å². The molecule has 0 amide bonds. The Bertz CT molecular complexity index is 620. The molecule has 0 bridgehead atoms. The van der Waals surface area contributed by atoms with Crippen molar-refractivity contribution in [3.8, 4) is 6.07 Å². The smallest absolute Gasteiger partial charge is 0.242 e. The molecule has 1 aromatic rings. The summed E-state index contributed by atoms with van der Waals surface area (Å²) in [5.74, 6) is 0.303. The Hall–Kier alpha value is -1.13. The predicted molar refractivity (Wildman–Crippen MR) is 72.1 cm³/mol. The van der Waals surface area contributed by atoms with Gasteiger partial charge in [-0.3, -0.25) is 0 Å². The first kappa shape index (κ1) is 14.3. The minimum atomic E-state index is -3.75. The molecule has 102 valence electrons. The molecule has 3 N–H and O–H groups in total. The topological polar surface area (TPSA) is 96.0 Å². The van der Waals surface area contributed by atoms with Crippen molar-refractivity contribution in [1.82, 2.24) is 4.72 Å².